The van der Waals surface area contributed by atoms with Crippen LogP contribution in [-0.2, 0) is 14.8 Å². The highest BCUT2D eigenvalue weighted by Crippen LogP contribution is 2.25. The Labute approximate surface area is 162 Å². The molecule has 0 spiro atoms. The minimum absolute atomic E-state index is 0.240. The fourth-order valence-corrected chi connectivity index (χ4v) is 3.77. The number of hydrogen-bond donors (Lipinski definition) is 1. The first-order valence-electron chi connectivity index (χ1n) is 8.88. The van der Waals surface area contributed by atoms with Gasteiger partial charge in [-0.15, -0.1) is 0 Å². The fourth-order valence-electron chi connectivity index (χ4n) is 3.17. The van der Waals surface area contributed by atoms with Crippen molar-refractivity contribution in [1.29, 1.82) is 0 Å². The maximum Gasteiger partial charge on any atom is 0.243 e. The third-order valence-corrected chi connectivity index (χ3v) is 6.22. The zero-order chi connectivity index (χ0) is 20.4. The predicted molar refractivity (Wildman–Crippen MR) is 109 cm³/mol. The number of hydrogen-bond acceptors (Lipinski definition) is 3. The Balaban J connectivity index is 2.35. The molecule has 1 N–H and O–H groups in total. The first kappa shape index (κ1) is 21.1. The molecule has 0 saturated heterocycles. The first-order valence-corrected chi connectivity index (χ1v) is 10.7. The van der Waals surface area contributed by atoms with E-state index < -0.39 is 16.1 Å². The smallest absolute Gasteiger partial charge is 0.243 e. The molecule has 2 aromatic carbocycles. The molecule has 0 fully saturated rings. The third kappa shape index (κ3) is 4.96. The van der Waals surface area contributed by atoms with Crippen molar-refractivity contribution in [2.75, 3.05) is 13.3 Å². The molecule has 0 aromatic heterocycles. The van der Waals surface area contributed by atoms with Gasteiger partial charge in [0.2, 0.25) is 15.9 Å². The van der Waals surface area contributed by atoms with E-state index in [2.05, 4.69) is 24.4 Å². The molecule has 0 saturated carbocycles. The minimum Gasteiger partial charge on any atom is -0.348 e. The number of aryl methyl sites for hydroxylation is 3. The summed E-state index contributed by atoms with van der Waals surface area (Å²) in [5.41, 5.74) is 5.11. The van der Waals surface area contributed by atoms with Crippen molar-refractivity contribution in [1.82, 2.24) is 9.62 Å². The van der Waals surface area contributed by atoms with Crippen LogP contribution in [0.1, 0.15) is 46.8 Å². The Kier molecular flexibility index (Phi) is 6.44. The molecular weight excluding hydrogens is 360 g/mol. The molecule has 146 valence electrons. The van der Waals surface area contributed by atoms with Crippen LogP contribution in [0.2, 0.25) is 0 Å². The van der Waals surface area contributed by atoms with E-state index in [0.29, 0.717) is 5.56 Å². The first-order chi connectivity index (χ1) is 12.5. The monoisotopic (exact) mass is 388 g/mol. The van der Waals surface area contributed by atoms with Crippen LogP contribution in [0.25, 0.3) is 0 Å². The fraction of sp³-hybridized carbons (Fsp3) is 0.381. The number of benzene rings is 2. The van der Waals surface area contributed by atoms with E-state index >= 15 is 0 Å². The molecule has 2 aromatic rings. The molecular formula is C21H28N2O3S. The van der Waals surface area contributed by atoms with Gasteiger partial charge in [0.25, 0.3) is 0 Å². The Morgan fingerprint density at radius 1 is 1.00 bits per heavy atom. The van der Waals surface area contributed by atoms with Crippen LogP contribution < -0.4 is 5.32 Å². The van der Waals surface area contributed by atoms with Crippen molar-refractivity contribution < 1.29 is 13.2 Å². The van der Waals surface area contributed by atoms with Crippen molar-refractivity contribution >= 4 is 15.9 Å². The van der Waals surface area contributed by atoms with E-state index in [4.69, 9.17) is 0 Å². The highest BCUT2D eigenvalue weighted by molar-refractivity contribution is 7.88. The van der Waals surface area contributed by atoms with Crippen LogP contribution in [0.4, 0.5) is 0 Å². The van der Waals surface area contributed by atoms with Crippen molar-refractivity contribution in [3.05, 3.63) is 70.3 Å². The quantitative estimate of drug-likeness (QED) is 0.824. The van der Waals surface area contributed by atoms with E-state index in [0.717, 1.165) is 27.3 Å². The highest BCUT2D eigenvalue weighted by Gasteiger charge is 2.31. The second-order valence-electron chi connectivity index (χ2n) is 7.12. The number of carbonyl (C=O) groups is 1. The van der Waals surface area contributed by atoms with E-state index in [1.165, 1.54) is 12.6 Å². The number of rotatable bonds is 6. The third-order valence-electron chi connectivity index (χ3n) is 4.96. The summed E-state index contributed by atoms with van der Waals surface area (Å²) in [6.45, 7) is 8.03. The van der Waals surface area contributed by atoms with Crippen molar-refractivity contribution in [3.8, 4) is 0 Å². The number of nitrogens with one attached hydrogen (secondary N) is 1. The van der Waals surface area contributed by atoms with Gasteiger partial charge in [0, 0.05) is 7.05 Å². The van der Waals surface area contributed by atoms with Gasteiger partial charge in [0.15, 0.2) is 0 Å². The molecule has 0 radical (unpaired) electrons. The van der Waals surface area contributed by atoms with Crippen LogP contribution in [0.5, 0.6) is 0 Å². The molecule has 2 rings (SSSR count). The van der Waals surface area contributed by atoms with Crippen LogP contribution in [0.3, 0.4) is 0 Å². The lowest BCUT2D eigenvalue weighted by atomic mass is 9.96. The number of carbonyl (C=O) groups excluding carboxylic acids is 1. The van der Waals surface area contributed by atoms with Crippen LogP contribution in [0, 0.1) is 20.8 Å². The number of likely N-dealkylation sites (N-methyl/N-ethyl adjacent to an activating group) is 1. The molecule has 27 heavy (non-hydrogen) atoms. The lowest BCUT2D eigenvalue weighted by molar-refractivity contribution is -0.125. The summed E-state index contributed by atoms with van der Waals surface area (Å²) in [5.74, 6) is -0.348. The lowest BCUT2D eigenvalue weighted by Crippen LogP contribution is -2.42. The molecule has 0 unspecified atom stereocenters. The Hall–Kier alpha value is -2.18. The zero-order valence-corrected chi connectivity index (χ0v) is 17.6. The normalized spacial score (nSPS) is 14.0. The Bertz CT molecular complexity index is 924. The van der Waals surface area contributed by atoms with Gasteiger partial charge in [0.05, 0.1) is 12.3 Å². The molecule has 0 heterocycles. The van der Waals surface area contributed by atoms with Gasteiger partial charge in [-0.1, -0.05) is 42.5 Å². The van der Waals surface area contributed by atoms with E-state index in [1.807, 2.05) is 26.8 Å². The largest absolute Gasteiger partial charge is 0.348 e. The van der Waals surface area contributed by atoms with Crippen molar-refractivity contribution in [2.24, 2.45) is 0 Å². The van der Waals surface area contributed by atoms with Gasteiger partial charge >= 0.3 is 0 Å². The van der Waals surface area contributed by atoms with Gasteiger partial charge in [0.1, 0.15) is 6.04 Å². The predicted octanol–water partition coefficient (Wildman–Crippen LogP) is 3.42. The molecule has 0 aliphatic rings. The minimum atomic E-state index is -3.54. The van der Waals surface area contributed by atoms with Crippen LogP contribution >= 0.6 is 0 Å². The maximum atomic E-state index is 13.1. The van der Waals surface area contributed by atoms with Crippen LogP contribution in [0.15, 0.2) is 42.5 Å². The van der Waals surface area contributed by atoms with Crippen molar-refractivity contribution in [3.63, 3.8) is 0 Å². The average Bonchev–Trinajstić information content (AvgIpc) is 2.58. The maximum absolute atomic E-state index is 13.1. The number of sulfonamides is 1. The topological polar surface area (TPSA) is 66.5 Å². The Morgan fingerprint density at radius 2 is 1.56 bits per heavy atom. The molecule has 2 atom stereocenters. The second-order valence-corrected chi connectivity index (χ2v) is 9.16. The van der Waals surface area contributed by atoms with Gasteiger partial charge in [-0.3, -0.25) is 4.79 Å². The summed E-state index contributed by atoms with van der Waals surface area (Å²) in [6, 6.07) is 12.0. The summed E-state index contributed by atoms with van der Waals surface area (Å²) in [6.07, 6.45) is 1.10. The van der Waals surface area contributed by atoms with Gasteiger partial charge in [-0.05, 0) is 55.5 Å². The molecule has 6 heteroatoms. The van der Waals surface area contributed by atoms with Gasteiger partial charge in [-0.2, -0.15) is 4.31 Å². The standard InChI is InChI=1S/C21H28N2O3S/c1-14-12-16(3)19(13-15(14)2)17(4)22-21(24)20(23(5)27(6,25)26)18-10-8-7-9-11-18/h7-13,17,20H,1-6H3,(H,22,24)/t17-,20-/m1/s1. The molecule has 0 aliphatic carbocycles. The van der Waals surface area contributed by atoms with Crippen LogP contribution in [-0.4, -0.2) is 31.9 Å². The SMILES string of the molecule is Cc1cc(C)c([C@@H](C)NC(=O)[C@@H](c2ccccc2)N(C)S(C)(=O)=O)cc1C. The van der Waals surface area contributed by atoms with Gasteiger partial charge < -0.3 is 5.32 Å². The molecule has 0 aliphatic heterocycles. The van der Waals surface area contributed by atoms with E-state index in [1.54, 1.807) is 24.3 Å². The summed E-state index contributed by atoms with van der Waals surface area (Å²) in [7, 11) is -2.11. The summed E-state index contributed by atoms with van der Waals surface area (Å²) < 4.78 is 25.3. The number of nitrogens with zero attached hydrogens (tertiary/aromatic N) is 1. The van der Waals surface area contributed by atoms with Crippen molar-refractivity contribution in [2.45, 2.75) is 39.8 Å². The molecule has 0 bridgehead atoms. The summed E-state index contributed by atoms with van der Waals surface area (Å²) in [4.78, 5) is 13.1. The summed E-state index contributed by atoms with van der Waals surface area (Å²) in [5, 5.41) is 2.99. The zero-order valence-electron chi connectivity index (χ0n) is 16.8. The average molecular weight is 389 g/mol. The summed E-state index contributed by atoms with van der Waals surface area (Å²) >= 11 is 0. The number of amides is 1. The van der Waals surface area contributed by atoms with Gasteiger partial charge in [-0.25, -0.2) is 8.42 Å². The van der Waals surface area contributed by atoms with E-state index in [9.17, 15) is 13.2 Å². The Morgan fingerprint density at radius 3 is 2.11 bits per heavy atom. The molecule has 5 nitrogen and oxygen atoms in total. The highest BCUT2D eigenvalue weighted by atomic mass is 32.2. The molecule has 1 amide bonds. The lowest BCUT2D eigenvalue weighted by Gasteiger charge is -2.28. The second kappa shape index (κ2) is 8.23. The van der Waals surface area contributed by atoms with E-state index in [-0.39, 0.29) is 11.9 Å².